The lowest BCUT2D eigenvalue weighted by atomic mass is 10.1. The van der Waals surface area contributed by atoms with E-state index in [1.54, 1.807) is 6.92 Å². The highest BCUT2D eigenvalue weighted by molar-refractivity contribution is 7.89. The molecule has 22 heavy (non-hydrogen) atoms. The number of rotatable bonds is 7. The van der Waals surface area contributed by atoms with Crippen LogP contribution in [0.3, 0.4) is 0 Å². The summed E-state index contributed by atoms with van der Waals surface area (Å²) in [7, 11) is -3.99. The lowest BCUT2D eigenvalue weighted by Gasteiger charge is -2.19. The smallest absolute Gasteiger partial charge is 0.289 e. The molecule has 3 N–H and O–H groups in total. The summed E-state index contributed by atoms with van der Waals surface area (Å²) in [6.45, 7) is 5.59. The molecule has 0 heterocycles. The van der Waals surface area contributed by atoms with Gasteiger partial charge < -0.3 is 5.73 Å². The summed E-state index contributed by atoms with van der Waals surface area (Å²) in [5, 5.41) is 10.6. The maximum absolute atomic E-state index is 12.5. The van der Waals surface area contributed by atoms with Gasteiger partial charge in [-0.15, -0.1) is 0 Å². The van der Waals surface area contributed by atoms with Crippen molar-refractivity contribution in [1.29, 1.82) is 0 Å². The van der Waals surface area contributed by atoms with Crippen molar-refractivity contribution < 1.29 is 13.3 Å². The summed E-state index contributed by atoms with van der Waals surface area (Å²) >= 11 is 5.90. The molecular weight excluding hydrogens is 330 g/mol. The Labute approximate surface area is 135 Å². The highest BCUT2D eigenvalue weighted by Crippen LogP contribution is 2.32. The number of nitrogens with zero attached hydrogens (tertiary/aromatic N) is 1. The first-order valence-electron chi connectivity index (χ1n) is 6.75. The first kappa shape index (κ1) is 18.8. The first-order chi connectivity index (χ1) is 10.1. The Morgan fingerprint density at radius 1 is 1.41 bits per heavy atom. The molecule has 1 atom stereocenters. The number of benzene rings is 1. The zero-order valence-electron chi connectivity index (χ0n) is 12.7. The van der Waals surface area contributed by atoms with Gasteiger partial charge in [-0.2, -0.15) is 0 Å². The third-order valence-electron chi connectivity index (χ3n) is 3.01. The zero-order valence-corrected chi connectivity index (χ0v) is 14.2. The van der Waals surface area contributed by atoms with Gasteiger partial charge in [0.15, 0.2) is 0 Å². The van der Waals surface area contributed by atoms with Crippen molar-refractivity contribution in [2.75, 3.05) is 6.54 Å². The average Bonchev–Trinajstić information content (AvgIpc) is 2.38. The van der Waals surface area contributed by atoms with Gasteiger partial charge in [0.1, 0.15) is 9.92 Å². The summed E-state index contributed by atoms with van der Waals surface area (Å²) in [6.07, 6.45) is 0.557. The van der Waals surface area contributed by atoms with Crippen molar-refractivity contribution >= 4 is 27.3 Å². The third-order valence-corrected chi connectivity index (χ3v) is 5.07. The van der Waals surface area contributed by atoms with Gasteiger partial charge in [0, 0.05) is 18.7 Å². The fraction of sp³-hybridized carbons (Fsp3) is 0.538. The molecule has 0 fully saturated rings. The van der Waals surface area contributed by atoms with Crippen LogP contribution in [0.25, 0.3) is 0 Å². The molecule has 1 unspecified atom stereocenters. The molecule has 7 nitrogen and oxygen atoms in total. The van der Waals surface area contributed by atoms with E-state index in [4.69, 9.17) is 17.3 Å². The molecule has 0 saturated heterocycles. The molecule has 0 bridgehead atoms. The third kappa shape index (κ3) is 4.64. The number of nitro groups is 1. The molecule has 0 saturated carbocycles. The Morgan fingerprint density at radius 2 is 2.00 bits per heavy atom. The van der Waals surface area contributed by atoms with Crippen molar-refractivity contribution in [2.24, 2.45) is 11.7 Å². The summed E-state index contributed by atoms with van der Waals surface area (Å²) in [4.78, 5) is 9.95. The molecule has 0 aliphatic carbocycles. The minimum absolute atomic E-state index is 0.128. The molecule has 1 rings (SSSR count). The number of hydrogen-bond acceptors (Lipinski definition) is 5. The standard InChI is InChI=1S/C13H20ClN3O4S/c1-8(2)4-10(7-15)16-22(20,21)12-6-9(3)5-11(13(12)14)17(18)19/h5-6,8,10,16H,4,7,15H2,1-3H3. The van der Waals surface area contributed by atoms with Crippen LogP contribution in [0.1, 0.15) is 25.8 Å². The first-order valence-corrected chi connectivity index (χ1v) is 8.61. The van der Waals surface area contributed by atoms with Gasteiger partial charge in [0.05, 0.1) is 4.92 Å². The molecule has 0 aliphatic heterocycles. The van der Waals surface area contributed by atoms with Crippen LogP contribution in [-0.2, 0) is 10.0 Å². The number of nitrogens with two attached hydrogens (primary N) is 1. The van der Waals surface area contributed by atoms with Crippen molar-refractivity contribution in [3.63, 3.8) is 0 Å². The number of sulfonamides is 1. The van der Waals surface area contributed by atoms with E-state index in [2.05, 4.69) is 4.72 Å². The van der Waals surface area contributed by atoms with Crippen LogP contribution < -0.4 is 10.5 Å². The fourth-order valence-electron chi connectivity index (χ4n) is 2.09. The number of aryl methyl sites for hydroxylation is 1. The number of halogens is 1. The van der Waals surface area contributed by atoms with E-state index >= 15 is 0 Å². The quantitative estimate of drug-likeness (QED) is 0.578. The lowest BCUT2D eigenvalue weighted by molar-refractivity contribution is -0.385. The van der Waals surface area contributed by atoms with Crippen molar-refractivity contribution in [2.45, 2.75) is 38.1 Å². The molecular formula is C13H20ClN3O4S. The SMILES string of the molecule is Cc1cc([N+](=O)[O-])c(Cl)c(S(=O)(=O)NC(CN)CC(C)C)c1. The lowest BCUT2D eigenvalue weighted by Crippen LogP contribution is -2.41. The second-order valence-electron chi connectivity index (χ2n) is 5.54. The van der Waals surface area contributed by atoms with Crippen LogP contribution in [0.15, 0.2) is 17.0 Å². The Morgan fingerprint density at radius 3 is 2.45 bits per heavy atom. The molecule has 1 aromatic carbocycles. The van der Waals surface area contributed by atoms with Gasteiger partial charge in [-0.25, -0.2) is 13.1 Å². The Hall–Kier alpha value is -1.22. The predicted molar refractivity (Wildman–Crippen MR) is 85.5 cm³/mol. The van der Waals surface area contributed by atoms with Crippen LogP contribution in [0.5, 0.6) is 0 Å². The van der Waals surface area contributed by atoms with Crippen LogP contribution >= 0.6 is 11.6 Å². The topological polar surface area (TPSA) is 115 Å². The van der Waals surface area contributed by atoms with Crippen molar-refractivity contribution in [3.05, 3.63) is 32.8 Å². The van der Waals surface area contributed by atoms with E-state index in [0.29, 0.717) is 12.0 Å². The highest BCUT2D eigenvalue weighted by atomic mass is 35.5. The highest BCUT2D eigenvalue weighted by Gasteiger charge is 2.27. The molecule has 0 amide bonds. The van der Waals surface area contributed by atoms with E-state index < -0.39 is 31.7 Å². The van der Waals surface area contributed by atoms with E-state index in [1.165, 1.54) is 12.1 Å². The van der Waals surface area contributed by atoms with Crippen molar-refractivity contribution in [1.82, 2.24) is 4.72 Å². The molecule has 124 valence electrons. The maximum Gasteiger partial charge on any atom is 0.289 e. The molecule has 9 heteroatoms. The molecule has 0 spiro atoms. The van der Waals surface area contributed by atoms with E-state index in [9.17, 15) is 18.5 Å². The largest absolute Gasteiger partial charge is 0.329 e. The van der Waals surface area contributed by atoms with Gasteiger partial charge in [0.25, 0.3) is 5.69 Å². The minimum Gasteiger partial charge on any atom is -0.329 e. The number of nitro benzene ring substituents is 1. The summed E-state index contributed by atoms with van der Waals surface area (Å²) in [5.41, 5.74) is 5.58. The number of hydrogen-bond donors (Lipinski definition) is 2. The number of nitrogens with one attached hydrogen (secondary N) is 1. The second-order valence-corrected chi connectivity index (χ2v) is 7.60. The minimum atomic E-state index is -3.99. The van der Waals surface area contributed by atoms with E-state index in [1.807, 2.05) is 13.8 Å². The summed E-state index contributed by atoms with van der Waals surface area (Å²) in [6, 6.07) is 2.08. The van der Waals surface area contributed by atoms with Crippen LogP contribution in [0, 0.1) is 23.0 Å². The maximum atomic E-state index is 12.5. The van der Waals surface area contributed by atoms with E-state index in [0.717, 1.165) is 0 Å². The van der Waals surface area contributed by atoms with Crippen LogP contribution in [0.4, 0.5) is 5.69 Å². The molecule has 0 radical (unpaired) electrons. The van der Waals surface area contributed by atoms with Gasteiger partial charge in [-0.3, -0.25) is 10.1 Å². The summed E-state index contributed by atoms with van der Waals surface area (Å²) in [5.74, 6) is 0.249. The van der Waals surface area contributed by atoms with Gasteiger partial charge in [-0.1, -0.05) is 25.4 Å². The van der Waals surface area contributed by atoms with Gasteiger partial charge in [-0.05, 0) is 30.9 Å². The fourth-order valence-corrected chi connectivity index (χ4v) is 4.01. The van der Waals surface area contributed by atoms with Gasteiger partial charge >= 0.3 is 0 Å². The van der Waals surface area contributed by atoms with Gasteiger partial charge in [0.2, 0.25) is 10.0 Å². The summed E-state index contributed by atoms with van der Waals surface area (Å²) < 4.78 is 27.4. The Bertz CT molecular complexity index is 661. The Kier molecular flexibility index (Phi) is 6.30. The van der Waals surface area contributed by atoms with Crippen molar-refractivity contribution in [3.8, 4) is 0 Å². The molecule has 1 aromatic rings. The monoisotopic (exact) mass is 349 g/mol. The Balaban J connectivity index is 3.25. The predicted octanol–water partition coefficient (Wildman–Crippen LogP) is 2.21. The molecule has 0 aliphatic rings. The zero-order chi connectivity index (χ0) is 17.1. The van der Waals surface area contributed by atoms with Crippen LogP contribution in [-0.4, -0.2) is 25.9 Å². The average molecular weight is 350 g/mol. The van der Waals surface area contributed by atoms with E-state index in [-0.39, 0.29) is 17.4 Å². The van der Waals surface area contributed by atoms with Crippen LogP contribution in [0.2, 0.25) is 5.02 Å². The normalized spacial score (nSPS) is 13.4. The second kappa shape index (κ2) is 7.36. The molecule has 0 aromatic heterocycles.